The van der Waals surface area contributed by atoms with E-state index >= 15 is 0 Å². The lowest BCUT2D eigenvalue weighted by Gasteiger charge is -2.09. The molecule has 0 saturated carbocycles. The second-order valence-electron chi connectivity index (χ2n) is 2.17. The molecule has 0 aliphatic carbocycles. The van der Waals surface area contributed by atoms with Gasteiger partial charge in [0.15, 0.2) is 0 Å². The summed E-state index contributed by atoms with van der Waals surface area (Å²) in [6.07, 6.45) is 6.29. The van der Waals surface area contributed by atoms with E-state index in [4.69, 9.17) is 5.21 Å². The van der Waals surface area contributed by atoms with Gasteiger partial charge in [-0.15, -0.1) is 10.2 Å². The maximum Gasteiger partial charge on any atom is 0.207 e. The topological polar surface area (TPSA) is 72.9 Å². The summed E-state index contributed by atoms with van der Waals surface area (Å²) in [5.74, 6) is 0.454. The monoisotopic (exact) mass is 163 g/mol. The van der Waals surface area contributed by atoms with Crippen molar-refractivity contribution in [1.82, 2.24) is 5.06 Å². The fourth-order valence-corrected chi connectivity index (χ4v) is 0.828. The molecule has 2 aliphatic heterocycles. The van der Waals surface area contributed by atoms with Crippen LogP contribution < -0.4 is 0 Å². The standard InChI is InChI=1S/C6H5N5O/c12-11-3-1-5(2-4-11)6-7-9-10-8-6/h1-4,12H. The highest BCUT2D eigenvalue weighted by Crippen LogP contribution is 2.18. The number of allylic oxidation sites excluding steroid dienone is 3. The number of hydrogen-bond acceptors (Lipinski definition) is 6. The number of nitrogens with zero attached hydrogens (tertiary/aromatic N) is 5. The summed E-state index contributed by atoms with van der Waals surface area (Å²) in [5, 5.41) is 23.8. The molecule has 0 unspecified atom stereocenters. The Labute approximate surface area is 67.9 Å². The molecule has 0 bridgehead atoms. The molecule has 0 amide bonds. The molecule has 0 aromatic rings. The molecule has 0 aromatic carbocycles. The Balaban J connectivity index is 2.32. The molecule has 2 rings (SSSR count). The number of hydrogen-bond donors (Lipinski definition) is 1. The van der Waals surface area contributed by atoms with E-state index in [2.05, 4.69) is 20.7 Å². The van der Waals surface area contributed by atoms with Crippen molar-refractivity contribution >= 4 is 0 Å². The molecule has 2 aliphatic rings. The number of hydroxylamine groups is 2. The van der Waals surface area contributed by atoms with Gasteiger partial charge in [0.25, 0.3) is 0 Å². The van der Waals surface area contributed by atoms with Crippen LogP contribution in [-0.2, 0) is 0 Å². The second-order valence-corrected chi connectivity index (χ2v) is 2.17. The summed E-state index contributed by atoms with van der Waals surface area (Å²) in [5.41, 5.74) is 0.769. The Kier molecular flexibility index (Phi) is 1.52. The molecule has 0 fully saturated rings. The molecular weight excluding hydrogens is 158 g/mol. The summed E-state index contributed by atoms with van der Waals surface area (Å²) in [6.45, 7) is 0. The van der Waals surface area contributed by atoms with Crippen LogP contribution in [0.25, 0.3) is 0 Å². The van der Waals surface area contributed by atoms with E-state index in [0.717, 1.165) is 10.6 Å². The molecule has 0 radical (unpaired) electrons. The van der Waals surface area contributed by atoms with Crippen LogP contribution in [0.4, 0.5) is 0 Å². The average molecular weight is 163 g/mol. The predicted molar refractivity (Wildman–Crippen MR) is 38.6 cm³/mol. The van der Waals surface area contributed by atoms with Crippen LogP contribution in [0.1, 0.15) is 0 Å². The molecule has 60 valence electrons. The van der Waals surface area contributed by atoms with Crippen LogP contribution in [0.3, 0.4) is 0 Å². The van der Waals surface area contributed by atoms with Gasteiger partial charge < -0.3 is 0 Å². The minimum Gasteiger partial charge on any atom is -0.285 e. The molecule has 0 atom stereocenters. The fourth-order valence-electron chi connectivity index (χ4n) is 0.828. The van der Waals surface area contributed by atoms with Gasteiger partial charge in [-0.05, 0) is 22.6 Å². The highest BCUT2D eigenvalue weighted by Gasteiger charge is 2.06. The minimum absolute atomic E-state index is 0.454. The molecule has 2 heterocycles. The second kappa shape index (κ2) is 2.67. The first-order valence-corrected chi connectivity index (χ1v) is 3.26. The highest BCUT2D eigenvalue weighted by atomic mass is 16.5. The maximum absolute atomic E-state index is 8.90. The van der Waals surface area contributed by atoms with Crippen LogP contribution >= 0.6 is 0 Å². The molecule has 12 heavy (non-hydrogen) atoms. The van der Waals surface area contributed by atoms with Gasteiger partial charge in [0.05, 0.1) is 0 Å². The zero-order chi connectivity index (χ0) is 8.39. The minimum atomic E-state index is 0.454. The highest BCUT2D eigenvalue weighted by molar-refractivity contribution is 5.36. The smallest absolute Gasteiger partial charge is 0.207 e. The Hall–Kier alpha value is -1.82. The molecule has 0 aromatic heterocycles. The first-order chi connectivity index (χ1) is 5.86. The van der Waals surface area contributed by atoms with Gasteiger partial charge >= 0.3 is 0 Å². The van der Waals surface area contributed by atoms with Gasteiger partial charge in [-0.1, -0.05) is 0 Å². The lowest BCUT2D eigenvalue weighted by Crippen LogP contribution is -2.04. The summed E-state index contributed by atoms with van der Waals surface area (Å²) >= 11 is 0. The lowest BCUT2D eigenvalue weighted by atomic mass is 10.2. The van der Waals surface area contributed by atoms with Crippen molar-refractivity contribution in [1.29, 1.82) is 0 Å². The van der Waals surface area contributed by atoms with Crippen LogP contribution in [0.2, 0.25) is 0 Å². The van der Waals surface area contributed by atoms with E-state index in [1.165, 1.54) is 12.4 Å². The summed E-state index contributed by atoms with van der Waals surface area (Å²) in [4.78, 5) is 0. The van der Waals surface area contributed by atoms with Crippen molar-refractivity contribution in [2.45, 2.75) is 0 Å². The van der Waals surface area contributed by atoms with E-state index in [1.807, 2.05) is 0 Å². The average Bonchev–Trinajstić information content (AvgIpc) is 2.58. The van der Waals surface area contributed by atoms with Gasteiger partial charge in [0.1, 0.15) is 0 Å². The van der Waals surface area contributed by atoms with Gasteiger partial charge in [0, 0.05) is 18.0 Å². The van der Waals surface area contributed by atoms with E-state index in [9.17, 15) is 0 Å². The quantitative estimate of drug-likeness (QED) is 0.590. The van der Waals surface area contributed by atoms with E-state index < -0.39 is 0 Å². The predicted octanol–water partition coefficient (Wildman–Crippen LogP) is 1.76. The number of rotatable bonds is 0. The Bertz CT molecular complexity index is 308. The Morgan fingerprint density at radius 1 is 1.08 bits per heavy atom. The SMILES string of the molecule is ON1C=CC(=C2N=NN=N2)C=C1. The van der Waals surface area contributed by atoms with E-state index in [0.29, 0.717) is 5.82 Å². The van der Waals surface area contributed by atoms with Crippen molar-refractivity contribution in [3.05, 3.63) is 35.9 Å². The van der Waals surface area contributed by atoms with Crippen LogP contribution in [-0.4, -0.2) is 10.3 Å². The summed E-state index contributed by atoms with van der Waals surface area (Å²) < 4.78 is 0. The van der Waals surface area contributed by atoms with Crippen molar-refractivity contribution in [2.24, 2.45) is 20.7 Å². The molecule has 6 heteroatoms. The van der Waals surface area contributed by atoms with E-state index in [-0.39, 0.29) is 0 Å². The third-order valence-corrected chi connectivity index (χ3v) is 1.39. The third-order valence-electron chi connectivity index (χ3n) is 1.39. The molecule has 1 N–H and O–H groups in total. The van der Waals surface area contributed by atoms with E-state index in [1.54, 1.807) is 12.2 Å². The molecule has 0 spiro atoms. The first kappa shape index (κ1) is 6.86. The van der Waals surface area contributed by atoms with Crippen LogP contribution in [0.5, 0.6) is 0 Å². The van der Waals surface area contributed by atoms with Gasteiger partial charge in [-0.25, -0.2) is 5.06 Å². The van der Waals surface area contributed by atoms with Gasteiger partial charge in [-0.3, -0.25) is 5.21 Å². The van der Waals surface area contributed by atoms with Crippen LogP contribution in [0.15, 0.2) is 56.6 Å². The van der Waals surface area contributed by atoms with Crippen molar-refractivity contribution < 1.29 is 5.21 Å². The zero-order valence-corrected chi connectivity index (χ0v) is 5.99. The van der Waals surface area contributed by atoms with Crippen molar-refractivity contribution in [3.63, 3.8) is 0 Å². The molecular formula is C6H5N5O. The van der Waals surface area contributed by atoms with Gasteiger partial charge in [-0.2, -0.15) is 0 Å². The molecule has 6 nitrogen and oxygen atoms in total. The summed E-state index contributed by atoms with van der Waals surface area (Å²) in [6, 6.07) is 0. The normalized spacial score (nSPS) is 19.9. The fraction of sp³-hybridized carbons (Fsp3) is 0. The van der Waals surface area contributed by atoms with Crippen molar-refractivity contribution in [3.8, 4) is 0 Å². The molecule has 0 saturated heterocycles. The van der Waals surface area contributed by atoms with Crippen LogP contribution in [0, 0.1) is 0 Å². The lowest BCUT2D eigenvalue weighted by molar-refractivity contribution is 0.0105. The Morgan fingerprint density at radius 2 is 1.67 bits per heavy atom. The maximum atomic E-state index is 8.90. The third kappa shape index (κ3) is 1.15. The van der Waals surface area contributed by atoms with Gasteiger partial charge in [0.2, 0.25) is 5.82 Å². The first-order valence-electron chi connectivity index (χ1n) is 3.26. The zero-order valence-electron chi connectivity index (χ0n) is 5.99. The van der Waals surface area contributed by atoms with Crippen molar-refractivity contribution in [2.75, 3.05) is 0 Å². The Morgan fingerprint density at radius 3 is 2.25 bits per heavy atom. The largest absolute Gasteiger partial charge is 0.285 e. The summed E-state index contributed by atoms with van der Waals surface area (Å²) in [7, 11) is 0.